The molecule has 10 nitrogen and oxygen atoms in total. The fourth-order valence-corrected chi connectivity index (χ4v) is 7.10. The van der Waals surface area contributed by atoms with Crippen LogP contribution in [-0.4, -0.2) is 80.7 Å². The van der Waals surface area contributed by atoms with Crippen molar-refractivity contribution in [3.8, 4) is 0 Å². The molecule has 0 spiro atoms. The maximum Gasteiger partial charge on any atom is 0.253 e. The van der Waals surface area contributed by atoms with E-state index < -0.39 is 0 Å². The van der Waals surface area contributed by atoms with Gasteiger partial charge in [-0.1, -0.05) is 26.5 Å². The number of nitrogens with one attached hydrogen (secondary N) is 3. The Bertz CT molecular complexity index is 1890. The lowest BCUT2D eigenvalue weighted by molar-refractivity contribution is -0.115. The highest BCUT2D eigenvalue weighted by Crippen LogP contribution is 2.43. The van der Waals surface area contributed by atoms with Crippen molar-refractivity contribution in [2.45, 2.75) is 72.1 Å². The maximum atomic E-state index is 13.9. The molecular formula is C38H49N5O5. The van der Waals surface area contributed by atoms with Crippen LogP contribution in [0.25, 0.3) is 39.3 Å². The molecule has 3 aromatic rings. The topological polar surface area (TPSA) is 156 Å². The highest BCUT2D eigenvalue weighted by atomic mass is 16.5. The van der Waals surface area contributed by atoms with Gasteiger partial charge >= 0.3 is 0 Å². The van der Waals surface area contributed by atoms with Crippen LogP contribution in [0.5, 0.6) is 0 Å². The lowest BCUT2D eigenvalue weighted by atomic mass is 9.84. The smallest absolute Gasteiger partial charge is 0.253 e. The van der Waals surface area contributed by atoms with Gasteiger partial charge in [-0.15, -0.1) is 0 Å². The van der Waals surface area contributed by atoms with Crippen molar-refractivity contribution in [1.82, 2.24) is 25.3 Å². The van der Waals surface area contributed by atoms with Crippen molar-refractivity contribution in [3.05, 3.63) is 75.4 Å². The van der Waals surface area contributed by atoms with E-state index in [0.29, 0.717) is 29.8 Å². The van der Waals surface area contributed by atoms with E-state index in [1.165, 1.54) is 0 Å². The largest absolute Gasteiger partial charge is 0.396 e. The number of aromatic amines is 2. The van der Waals surface area contributed by atoms with E-state index in [1.54, 1.807) is 0 Å². The van der Waals surface area contributed by atoms with Crippen LogP contribution in [0.2, 0.25) is 0 Å². The van der Waals surface area contributed by atoms with E-state index >= 15 is 0 Å². The predicted molar refractivity (Wildman–Crippen MR) is 192 cm³/mol. The molecule has 8 bridgehead atoms. The summed E-state index contributed by atoms with van der Waals surface area (Å²) in [6.45, 7) is 15.0. The highest BCUT2D eigenvalue weighted by Gasteiger charge is 2.34. The second-order valence-electron chi connectivity index (χ2n) is 12.6. The second-order valence-corrected chi connectivity index (χ2v) is 12.6. The van der Waals surface area contributed by atoms with Crippen LogP contribution in [0, 0.1) is 13.8 Å². The summed E-state index contributed by atoms with van der Waals surface area (Å²) in [5.74, 6) is -0.322. The summed E-state index contributed by atoms with van der Waals surface area (Å²) >= 11 is 0. The van der Waals surface area contributed by atoms with E-state index in [-0.39, 0.29) is 63.7 Å². The molecule has 0 saturated carbocycles. The molecule has 0 radical (unpaired) electrons. The van der Waals surface area contributed by atoms with E-state index in [1.807, 2.05) is 19.1 Å². The zero-order valence-corrected chi connectivity index (χ0v) is 28.8. The standard InChI is InChI=1S/C38H49N5O5/c1-7-25-21(3)29-18-31-23(5)27(10-9-13-44)36(42-31)28(11-14-45)37-35(38(47)39-12-16-48-17-15-46)24(6)32(43-37)20-34-26(8-2)22(4)30(41-34)19-33(25)40-29/h7,18-20,23,27,40-41,44-46H,1,8-17H2,2-6H3,(H,39,47). The van der Waals surface area contributed by atoms with Gasteiger partial charge in [-0.05, 0) is 86.9 Å². The Morgan fingerprint density at radius 2 is 1.71 bits per heavy atom. The van der Waals surface area contributed by atoms with Crippen molar-refractivity contribution < 1.29 is 24.9 Å². The molecule has 48 heavy (non-hydrogen) atoms. The molecule has 5 heterocycles. The normalized spacial score (nSPS) is 16.1. The third-order valence-electron chi connectivity index (χ3n) is 9.76. The number of aliphatic hydroxyl groups is 3. The van der Waals surface area contributed by atoms with E-state index in [4.69, 9.17) is 19.8 Å². The summed E-state index contributed by atoms with van der Waals surface area (Å²) < 4.78 is 5.38. The van der Waals surface area contributed by atoms with Gasteiger partial charge in [-0.2, -0.15) is 0 Å². The van der Waals surface area contributed by atoms with Gasteiger partial charge in [0, 0.05) is 76.2 Å². The van der Waals surface area contributed by atoms with Crippen LogP contribution in [0.1, 0.15) is 96.0 Å². The Balaban J connectivity index is 1.90. The SMILES string of the molecule is C=Cc1c(C)c2cc3nc(c(CCO)c4nc(cc5[nH]c(cc1[nH]2)c(C)c5CC)C(C)=C4C(=O)NCCOCCO)C(CCCO)C3C. The van der Waals surface area contributed by atoms with Crippen molar-refractivity contribution in [1.29, 1.82) is 0 Å². The number of allylic oxidation sites excluding steroid dienone is 1. The number of carbonyl (C=O) groups is 1. The molecule has 2 aliphatic rings. The Morgan fingerprint density at radius 3 is 2.40 bits per heavy atom. The Labute approximate surface area is 282 Å². The van der Waals surface area contributed by atoms with E-state index in [9.17, 15) is 15.0 Å². The number of rotatable bonds is 13. The number of hydrogen-bond donors (Lipinski definition) is 6. The minimum atomic E-state index is -0.288. The van der Waals surface area contributed by atoms with Crippen LogP contribution in [0.4, 0.5) is 0 Å². The number of fused-ring (bicyclic) bond motifs is 8. The molecular weight excluding hydrogens is 606 g/mol. The van der Waals surface area contributed by atoms with Gasteiger partial charge in [0.2, 0.25) is 0 Å². The minimum Gasteiger partial charge on any atom is -0.396 e. The van der Waals surface area contributed by atoms with E-state index in [2.05, 4.69) is 61.7 Å². The number of aromatic nitrogens is 4. The van der Waals surface area contributed by atoms with Gasteiger partial charge in [-0.3, -0.25) is 9.78 Å². The van der Waals surface area contributed by atoms with Crippen LogP contribution in [0.15, 0.2) is 24.8 Å². The Hall–Kier alpha value is -4.09. The average molecular weight is 656 g/mol. The molecule has 10 heteroatoms. The van der Waals surface area contributed by atoms with Gasteiger partial charge in [-0.25, -0.2) is 4.98 Å². The summed E-state index contributed by atoms with van der Waals surface area (Å²) in [5.41, 5.74) is 12.9. The molecule has 0 fully saturated rings. The van der Waals surface area contributed by atoms with Gasteiger partial charge in [0.15, 0.2) is 0 Å². The molecule has 1 amide bonds. The second kappa shape index (κ2) is 15.4. The number of H-pyrrole nitrogens is 2. The Morgan fingerprint density at radius 1 is 0.958 bits per heavy atom. The van der Waals surface area contributed by atoms with Gasteiger partial charge < -0.3 is 35.3 Å². The van der Waals surface area contributed by atoms with Crippen LogP contribution in [0.3, 0.4) is 0 Å². The number of hydrogen-bond acceptors (Lipinski definition) is 7. The molecule has 3 aromatic heterocycles. The van der Waals surface area contributed by atoms with Crippen molar-refractivity contribution in [2.75, 3.05) is 39.6 Å². The minimum absolute atomic E-state index is 0.0150. The number of ether oxygens (including phenoxy) is 1. The summed E-state index contributed by atoms with van der Waals surface area (Å²) in [5, 5.41) is 32.3. The van der Waals surface area contributed by atoms with E-state index in [0.717, 1.165) is 73.3 Å². The lowest BCUT2D eigenvalue weighted by Crippen LogP contribution is -2.28. The molecule has 0 aliphatic carbocycles. The summed E-state index contributed by atoms with van der Waals surface area (Å²) in [4.78, 5) is 31.6. The third-order valence-corrected chi connectivity index (χ3v) is 9.76. The van der Waals surface area contributed by atoms with Crippen LogP contribution in [-0.2, 0) is 22.4 Å². The first-order valence-corrected chi connectivity index (χ1v) is 17.0. The number of carbonyl (C=O) groups excluding carboxylic acids is 1. The molecule has 5 rings (SSSR count). The average Bonchev–Trinajstić information content (AvgIpc) is 3.75. The molecule has 256 valence electrons. The monoisotopic (exact) mass is 655 g/mol. The molecule has 2 unspecified atom stereocenters. The van der Waals surface area contributed by atoms with Crippen LogP contribution >= 0.6 is 0 Å². The first-order valence-electron chi connectivity index (χ1n) is 17.0. The molecule has 2 atom stereocenters. The predicted octanol–water partition coefficient (Wildman–Crippen LogP) is 5.39. The third kappa shape index (κ3) is 6.75. The molecule has 0 aromatic carbocycles. The number of aliphatic hydroxyl groups excluding tert-OH is 3. The quantitative estimate of drug-likeness (QED) is 0.135. The fraction of sp³-hybridized carbons (Fsp3) is 0.447. The number of amides is 1. The van der Waals surface area contributed by atoms with Crippen molar-refractivity contribution in [2.24, 2.45) is 0 Å². The first-order chi connectivity index (χ1) is 23.2. The summed E-state index contributed by atoms with van der Waals surface area (Å²) in [6, 6.07) is 6.24. The first kappa shape index (κ1) is 35.2. The molecule has 2 aliphatic heterocycles. The van der Waals surface area contributed by atoms with Crippen molar-refractivity contribution in [3.63, 3.8) is 0 Å². The highest BCUT2D eigenvalue weighted by molar-refractivity contribution is 6.27. The number of nitrogens with zero attached hydrogens (tertiary/aromatic N) is 2. The molecule has 0 saturated heterocycles. The van der Waals surface area contributed by atoms with Gasteiger partial charge in [0.25, 0.3) is 5.91 Å². The maximum absolute atomic E-state index is 13.9. The van der Waals surface area contributed by atoms with Crippen LogP contribution < -0.4 is 5.32 Å². The fourth-order valence-electron chi connectivity index (χ4n) is 7.10. The zero-order valence-electron chi connectivity index (χ0n) is 28.8. The van der Waals surface area contributed by atoms with Gasteiger partial charge in [0.1, 0.15) is 0 Å². The zero-order chi connectivity index (χ0) is 34.5. The van der Waals surface area contributed by atoms with Gasteiger partial charge in [0.05, 0.1) is 36.8 Å². The lowest BCUT2D eigenvalue weighted by Gasteiger charge is -2.18. The Kier molecular flexibility index (Phi) is 11.3. The number of aryl methyl sites for hydroxylation is 3. The van der Waals surface area contributed by atoms with Crippen molar-refractivity contribution >= 4 is 45.2 Å². The summed E-state index contributed by atoms with van der Waals surface area (Å²) in [7, 11) is 0. The molecule has 6 N–H and O–H groups in total. The summed E-state index contributed by atoms with van der Waals surface area (Å²) in [6.07, 6.45) is 4.23.